The first-order valence-electron chi connectivity index (χ1n) is 9.91. The van der Waals surface area contributed by atoms with Crippen LogP contribution >= 0.6 is 0 Å². The molecule has 4 rings (SSSR count). The number of Topliss-reactive ketones (excluding diaryl/α,β-unsaturated/α-hetero) is 1. The van der Waals surface area contributed by atoms with Gasteiger partial charge in [-0.15, -0.1) is 0 Å². The van der Waals surface area contributed by atoms with Crippen LogP contribution in [0, 0.1) is 12.3 Å². The molecule has 1 aliphatic heterocycles. The lowest BCUT2D eigenvalue weighted by atomic mass is 9.73. The fourth-order valence-electron chi connectivity index (χ4n) is 4.27. The molecule has 1 aliphatic carbocycles. The fourth-order valence-corrected chi connectivity index (χ4v) is 4.27. The van der Waals surface area contributed by atoms with Gasteiger partial charge in [0.15, 0.2) is 5.78 Å². The van der Waals surface area contributed by atoms with Gasteiger partial charge in [0, 0.05) is 37.5 Å². The molecule has 28 heavy (non-hydrogen) atoms. The average Bonchev–Trinajstić information content (AvgIpc) is 2.77. The molecule has 1 heterocycles. The lowest BCUT2D eigenvalue weighted by Gasteiger charge is -2.34. The van der Waals surface area contributed by atoms with Gasteiger partial charge in [-0.2, -0.15) is 0 Å². The van der Waals surface area contributed by atoms with E-state index >= 15 is 0 Å². The molecular formula is C24H29N3O. The molecule has 0 amide bonds. The van der Waals surface area contributed by atoms with Gasteiger partial charge in [0.05, 0.1) is 17.4 Å². The summed E-state index contributed by atoms with van der Waals surface area (Å²) in [6, 6.07) is 14.7. The highest BCUT2D eigenvalue weighted by atomic mass is 16.1. The summed E-state index contributed by atoms with van der Waals surface area (Å²) in [4.78, 5) is 15.3. The minimum atomic E-state index is -0.148. The van der Waals surface area contributed by atoms with Crippen molar-refractivity contribution in [2.75, 3.05) is 29.6 Å². The Morgan fingerprint density at radius 3 is 2.39 bits per heavy atom. The van der Waals surface area contributed by atoms with Gasteiger partial charge in [-0.1, -0.05) is 32.0 Å². The van der Waals surface area contributed by atoms with Gasteiger partial charge in [0.1, 0.15) is 0 Å². The first kappa shape index (κ1) is 18.6. The zero-order valence-corrected chi connectivity index (χ0v) is 17.4. The molecule has 146 valence electrons. The highest BCUT2D eigenvalue weighted by Crippen LogP contribution is 2.45. The number of ketones is 1. The molecule has 2 N–H and O–H groups in total. The van der Waals surface area contributed by atoms with Crippen LogP contribution in [0.2, 0.25) is 0 Å². The van der Waals surface area contributed by atoms with Gasteiger partial charge in [0.2, 0.25) is 0 Å². The maximum atomic E-state index is 13.2. The lowest BCUT2D eigenvalue weighted by molar-refractivity contribution is -0.118. The standard InChI is InChI=1S/C24H29N3O/c1-15-6-11-18-19(12-15)26-23(16-7-9-17(10-8-16)27(4)5)22-20(25-18)13-24(2,3)14-21(22)28/h6-12,23,25-26H,13-14H2,1-5H3. The summed E-state index contributed by atoms with van der Waals surface area (Å²) in [7, 11) is 4.07. The van der Waals surface area contributed by atoms with Crippen molar-refractivity contribution >= 4 is 22.8 Å². The molecule has 0 radical (unpaired) electrons. The number of carbonyl (C=O) groups is 1. The lowest BCUT2D eigenvalue weighted by Crippen LogP contribution is -2.31. The summed E-state index contributed by atoms with van der Waals surface area (Å²) >= 11 is 0. The van der Waals surface area contributed by atoms with Gasteiger partial charge in [-0.25, -0.2) is 0 Å². The number of benzene rings is 2. The van der Waals surface area contributed by atoms with Crippen LogP contribution in [0.5, 0.6) is 0 Å². The number of aryl methyl sites for hydroxylation is 1. The van der Waals surface area contributed by atoms with Crippen LogP contribution in [-0.4, -0.2) is 19.9 Å². The summed E-state index contributed by atoms with van der Waals surface area (Å²) in [6.45, 7) is 6.44. The summed E-state index contributed by atoms with van der Waals surface area (Å²) in [5.74, 6) is 0.234. The van der Waals surface area contributed by atoms with Crippen molar-refractivity contribution in [3.63, 3.8) is 0 Å². The van der Waals surface area contributed by atoms with Crippen molar-refractivity contribution < 1.29 is 4.79 Å². The van der Waals surface area contributed by atoms with Crippen LogP contribution in [0.3, 0.4) is 0 Å². The molecule has 0 fully saturated rings. The number of allylic oxidation sites excluding steroid dienone is 1. The highest BCUT2D eigenvalue weighted by molar-refractivity contribution is 6.01. The van der Waals surface area contributed by atoms with Crippen LogP contribution in [0.25, 0.3) is 0 Å². The van der Waals surface area contributed by atoms with Crippen molar-refractivity contribution in [2.24, 2.45) is 5.41 Å². The van der Waals surface area contributed by atoms with E-state index in [4.69, 9.17) is 0 Å². The SMILES string of the molecule is Cc1ccc2c(c1)NC(c1ccc(N(C)C)cc1)C1=C(CC(C)(C)CC1=O)N2. The second kappa shape index (κ2) is 6.69. The summed E-state index contributed by atoms with van der Waals surface area (Å²) in [5, 5.41) is 7.26. The molecule has 1 atom stereocenters. The van der Waals surface area contributed by atoms with E-state index in [1.807, 2.05) is 14.1 Å². The normalized spacial score (nSPS) is 20.5. The van der Waals surface area contributed by atoms with Crippen LogP contribution in [0.15, 0.2) is 53.7 Å². The predicted molar refractivity (Wildman–Crippen MR) is 117 cm³/mol. The smallest absolute Gasteiger partial charge is 0.163 e. The van der Waals surface area contributed by atoms with E-state index in [9.17, 15) is 4.79 Å². The molecule has 2 aromatic carbocycles. The Morgan fingerprint density at radius 2 is 1.71 bits per heavy atom. The monoisotopic (exact) mass is 375 g/mol. The zero-order chi connectivity index (χ0) is 20.1. The largest absolute Gasteiger partial charge is 0.378 e. The van der Waals surface area contributed by atoms with Gasteiger partial charge in [0.25, 0.3) is 0 Å². The highest BCUT2D eigenvalue weighted by Gasteiger charge is 2.38. The summed E-state index contributed by atoms with van der Waals surface area (Å²) in [5.41, 5.74) is 7.44. The minimum absolute atomic E-state index is 0.0303. The van der Waals surface area contributed by atoms with Crippen molar-refractivity contribution in [3.8, 4) is 0 Å². The Morgan fingerprint density at radius 1 is 1.00 bits per heavy atom. The van der Waals surface area contributed by atoms with E-state index in [0.717, 1.165) is 40.3 Å². The molecule has 0 aromatic heterocycles. The Balaban J connectivity index is 1.84. The molecule has 1 unspecified atom stereocenters. The van der Waals surface area contributed by atoms with E-state index < -0.39 is 0 Å². The van der Waals surface area contributed by atoms with E-state index in [2.05, 4.69) is 78.8 Å². The van der Waals surface area contributed by atoms with Gasteiger partial charge in [-0.3, -0.25) is 4.79 Å². The van der Waals surface area contributed by atoms with Crippen LogP contribution in [0.1, 0.15) is 43.9 Å². The number of hydrogen-bond acceptors (Lipinski definition) is 4. The first-order chi connectivity index (χ1) is 13.2. The van der Waals surface area contributed by atoms with Crippen LogP contribution < -0.4 is 15.5 Å². The predicted octanol–water partition coefficient (Wildman–Crippen LogP) is 5.28. The maximum absolute atomic E-state index is 13.2. The third kappa shape index (κ3) is 3.39. The Kier molecular flexibility index (Phi) is 4.45. The second-order valence-electron chi connectivity index (χ2n) is 9.07. The molecule has 0 spiro atoms. The van der Waals surface area contributed by atoms with Crippen molar-refractivity contribution in [3.05, 3.63) is 64.9 Å². The van der Waals surface area contributed by atoms with E-state index in [1.54, 1.807) is 0 Å². The number of nitrogens with one attached hydrogen (secondary N) is 2. The molecule has 4 heteroatoms. The van der Waals surface area contributed by atoms with Gasteiger partial charge < -0.3 is 15.5 Å². The minimum Gasteiger partial charge on any atom is -0.378 e. The molecule has 0 bridgehead atoms. The van der Waals surface area contributed by atoms with Crippen molar-refractivity contribution in [2.45, 2.75) is 39.7 Å². The summed E-state index contributed by atoms with van der Waals surface area (Å²) in [6.07, 6.45) is 1.45. The van der Waals surface area contributed by atoms with Crippen LogP contribution in [0.4, 0.5) is 17.1 Å². The number of anilines is 3. The third-order valence-electron chi connectivity index (χ3n) is 5.71. The Hall–Kier alpha value is -2.75. The quantitative estimate of drug-likeness (QED) is 0.749. The molecule has 4 nitrogen and oxygen atoms in total. The molecule has 0 saturated carbocycles. The molecule has 2 aromatic rings. The maximum Gasteiger partial charge on any atom is 0.163 e. The average molecular weight is 376 g/mol. The van der Waals surface area contributed by atoms with E-state index in [1.165, 1.54) is 5.56 Å². The third-order valence-corrected chi connectivity index (χ3v) is 5.71. The summed E-state index contributed by atoms with van der Waals surface area (Å²) < 4.78 is 0. The zero-order valence-electron chi connectivity index (χ0n) is 17.4. The van der Waals surface area contributed by atoms with Crippen molar-refractivity contribution in [1.29, 1.82) is 0 Å². The topological polar surface area (TPSA) is 44.4 Å². The van der Waals surface area contributed by atoms with E-state index in [0.29, 0.717) is 6.42 Å². The Labute approximate surface area is 167 Å². The number of nitrogens with zero attached hydrogens (tertiary/aromatic N) is 1. The fraction of sp³-hybridized carbons (Fsp3) is 0.375. The Bertz CT molecular complexity index is 954. The van der Waals surface area contributed by atoms with Gasteiger partial charge >= 0.3 is 0 Å². The molecular weight excluding hydrogens is 346 g/mol. The number of carbonyl (C=O) groups excluding carboxylic acids is 1. The van der Waals surface area contributed by atoms with E-state index in [-0.39, 0.29) is 17.2 Å². The number of fused-ring (bicyclic) bond motifs is 1. The number of rotatable bonds is 2. The van der Waals surface area contributed by atoms with Gasteiger partial charge in [-0.05, 0) is 54.2 Å². The molecule has 2 aliphatic rings. The van der Waals surface area contributed by atoms with Crippen molar-refractivity contribution in [1.82, 2.24) is 0 Å². The number of hydrogen-bond donors (Lipinski definition) is 2. The van der Waals surface area contributed by atoms with Crippen LogP contribution in [-0.2, 0) is 4.79 Å². The second-order valence-corrected chi connectivity index (χ2v) is 9.07. The first-order valence-corrected chi connectivity index (χ1v) is 9.91. The molecule has 0 saturated heterocycles.